The molecule has 1 aromatic carbocycles. The molecule has 1 fully saturated rings. The summed E-state index contributed by atoms with van der Waals surface area (Å²) in [5, 5.41) is 1.24. The fourth-order valence-electron chi connectivity index (χ4n) is 3.20. The zero-order chi connectivity index (χ0) is 14.9. The van der Waals surface area contributed by atoms with E-state index in [0.29, 0.717) is 11.3 Å². The third-order valence-electron chi connectivity index (χ3n) is 4.57. The SMILES string of the molecule is CC1(C)CCCN(c2cc(CCl)nc3ccccc23)CC1. The lowest BCUT2D eigenvalue weighted by Gasteiger charge is -2.26. The highest BCUT2D eigenvalue weighted by Gasteiger charge is 2.24. The van der Waals surface area contributed by atoms with E-state index >= 15 is 0 Å². The van der Waals surface area contributed by atoms with Gasteiger partial charge in [-0.2, -0.15) is 0 Å². The number of rotatable bonds is 2. The van der Waals surface area contributed by atoms with Crippen molar-refractivity contribution in [2.45, 2.75) is 39.0 Å². The van der Waals surface area contributed by atoms with Crippen molar-refractivity contribution in [3.63, 3.8) is 0 Å². The normalized spacial score (nSPS) is 18.7. The van der Waals surface area contributed by atoms with Gasteiger partial charge in [-0.1, -0.05) is 32.0 Å². The average molecular weight is 303 g/mol. The molecule has 0 radical (unpaired) electrons. The Labute approximate surface area is 132 Å². The monoisotopic (exact) mass is 302 g/mol. The van der Waals surface area contributed by atoms with Gasteiger partial charge in [0.1, 0.15) is 0 Å². The van der Waals surface area contributed by atoms with E-state index in [0.717, 1.165) is 24.3 Å². The summed E-state index contributed by atoms with van der Waals surface area (Å²) >= 11 is 6.03. The number of nitrogens with zero attached hydrogens (tertiary/aromatic N) is 2. The molecule has 1 aromatic heterocycles. The van der Waals surface area contributed by atoms with Crippen LogP contribution in [0.4, 0.5) is 5.69 Å². The molecule has 0 atom stereocenters. The van der Waals surface area contributed by atoms with E-state index in [-0.39, 0.29) is 0 Å². The number of benzene rings is 1. The Morgan fingerprint density at radius 1 is 1.19 bits per heavy atom. The Morgan fingerprint density at radius 3 is 2.81 bits per heavy atom. The van der Waals surface area contributed by atoms with E-state index in [4.69, 9.17) is 11.6 Å². The van der Waals surface area contributed by atoms with Crippen LogP contribution in [0.3, 0.4) is 0 Å². The van der Waals surface area contributed by atoms with Crippen molar-refractivity contribution < 1.29 is 0 Å². The predicted octanol–water partition coefficient (Wildman–Crippen LogP) is 4.99. The summed E-state index contributed by atoms with van der Waals surface area (Å²) in [6.45, 7) is 7.00. The second kappa shape index (κ2) is 5.84. The zero-order valence-electron chi connectivity index (χ0n) is 12.9. The van der Waals surface area contributed by atoms with Gasteiger partial charge in [0.25, 0.3) is 0 Å². The molecule has 0 N–H and O–H groups in total. The molecule has 1 aliphatic heterocycles. The lowest BCUT2D eigenvalue weighted by molar-refractivity contribution is 0.325. The van der Waals surface area contributed by atoms with Crippen LogP contribution in [0.25, 0.3) is 10.9 Å². The van der Waals surface area contributed by atoms with Crippen molar-refractivity contribution in [2.75, 3.05) is 18.0 Å². The topological polar surface area (TPSA) is 16.1 Å². The maximum absolute atomic E-state index is 6.03. The third kappa shape index (κ3) is 3.16. The largest absolute Gasteiger partial charge is 0.371 e. The molecule has 2 nitrogen and oxygen atoms in total. The summed E-state index contributed by atoms with van der Waals surface area (Å²) < 4.78 is 0. The third-order valence-corrected chi connectivity index (χ3v) is 4.84. The van der Waals surface area contributed by atoms with Gasteiger partial charge < -0.3 is 4.90 Å². The summed E-state index contributed by atoms with van der Waals surface area (Å²) in [6.07, 6.45) is 3.79. The minimum atomic E-state index is 0.451. The second-order valence-corrected chi connectivity index (χ2v) is 7.06. The van der Waals surface area contributed by atoms with Gasteiger partial charge in [-0.05, 0) is 36.8 Å². The molecule has 112 valence electrons. The molecule has 0 unspecified atom stereocenters. The number of fused-ring (bicyclic) bond motifs is 1. The van der Waals surface area contributed by atoms with Gasteiger partial charge in [0.2, 0.25) is 0 Å². The highest BCUT2D eigenvalue weighted by atomic mass is 35.5. The van der Waals surface area contributed by atoms with E-state index in [1.54, 1.807) is 0 Å². The Morgan fingerprint density at radius 2 is 2.00 bits per heavy atom. The first kappa shape index (κ1) is 14.6. The first-order valence-electron chi connectivity index (χ1n) is 7.79. The van der Waals surface area contributed by atoms with Crippen molar-refractivity contribution in [3.8, 4) is 0 Å². The molecule has 21 heavy (non-hydrogen) atoms. The first-order valence-corrected chi connectivity index (χ1v) is 8.32. The second-order valence-electron chi connectivity index (χ2n) is 6.79. The molecule has 0 saturated carbocycles. The quantitative estimate of drug-likeness (QED) is 0.727. The van der Waals surface area contributed by atoms with Gasteiger partial charge in [0, 0.05) is 24.2 Å². The number of aromatic nitrogens is 1. The number of para-hydroxylation sites is 1. The molecule has 0 amide bonds. The van der Waals surface area contributed by atoms with Gasteiger partial charge >= 0.3 is 0 Å². The van der Waals surface area contributed by atoms with Crippen LogP contribution < -0.4 is 4.90 Å². The number of halogens is 1. The standard InChI is InChI=1S/C18H23ClN2/c1-18(2)8-5-10-21(11-9-18)17-12-14(13-19)20-16-7-4-3-6-15(16)17/h3-4,6-7,12H,5,8-11,13H2,1-2H3. The number of hydrogen-bond donors (Lipinski definition) is 0. The van der Waals surface area contributed by atoms with Crippen LogP contribution in [-0.4, -0.2) is 18.1 Å². The van der Waals surface area contributed by atoms with Crippen molar-refractivity contribution in [1.29, 1.82) is 0 Å². The molecule has 2 aromatic rings. The van der Waals surface area contributed by atoms with Gasteiger partial charge in [0.15, 0.2) is 0 Å². The van der Waals surface area contributed by atoms with Gasteiger partial charge in [-0.15, -0.1) is 11.6 Å². The van der Waals surface area contributed by atoms with Gasteiger partial charge in [-0.3, -0.25) is 4.98 Å². The van der Waals surface area contributed by atoms with Crippen LogP contribution in [0.2, 0.25) is 0 Å². The smallest absolute Gasteiger partial charge is 0.0726 e. The number of anilines is 1. The fourth-order valence-corrected chi connectivity index (χ4v) is 3.34. The molecule has 2 heterocycles. The highest BCUT2D eigenvalue weighted by molar-refractivity contribution is 6.17. The van der Waals surface area contributed by atoms with Gasteiger partial charge in [-0.25, -0.2) is 0 Å². The molecule has 0 spiro atoms. The minimum Gasteiger partial charge on any atom is -0.371 e. The lowest BCUT2D eigenvalue weighted by atomic mass is 9.85. The Hall–Kier alpha value is -1.28. The number of pyridine rings is 1. The summed E-state index contributed by atoms with van der Waals surface area (Å²) in [4.78, 5) is 7.17. The molecule has 3 heteroatoms. The van der Waals surface area contributed by atoms with E-state index in [2.05, 4.69) is 48.0 Å². The predicted molar refractivity (Wildman–Crippen MR) is 91.1 cm³/mol. The maximum atomic E-state index is 6.03. The van der Waals surface area contributed by atoms with Crippen LogP contribution in [0.5, 0.6) is 0 Å². The Kier molecular flexibility index (Phi) is 4.08. The first-order chi connectivity index (χ1) is 10.1. The molecular formula is C18H23ClN2. The molecule has 3 rings (SSSR count). The Balaban J connectivity index is 2.02. The number of alkyl halides is 1. The van der Waals surface area contributed by atoms with Crippen molar-refractivity contribution in [2.24, 2.45) is 5.41 Å². The minimum absolute atomic E-state index is 0.451. The molecule has 0 bridgehead atoms. The van der Waals surface area contributed by atoms with Crippen LogP contribution in [0.15, 0.2) is 30.3 Å². The van der Waals surface area contributed by atoms with Crippen molar-refractivity contribution >= 4 is 28.2 Å². The molecular weight excluding hydrogens is 280 g/mol. The van der Waals surface area contributed by atoms with Gasteiger partial charge in [0.05, 0.1) is 17.1 Å². The average Bonchev–Trinajstić information content (AvgIpc) is 2.67. The zero-order valence-corrected chi connectivity index (χ0v) is 13.7. The van der Waals surface area contributed by atoms with Crippen molar-refractivity contribution in [3.05, 3.63) is 36.0 Å². The van der Waals surface area contributed by atoms with Crippen LogP contribution >= 0.6 is 11.6 Å². The lowest BCUT2D eigenvalue weighted by Crippen LogP contribution is -2.25. The summed E-state index contributed by atoms with van der Waals surface area (Å²) in [5.74, 6) is 0.469. The van der Waals surface area contributed by atoms with Crippen LogP contribution in [-0.2, 0) is 5.88 Å². The Bertz CT molecular complexity index is 636. The van der Waals surface area contributed by atoms with Crippen molar-refractivity contribution in [1.82, 2.24) is 4.98 Å². The van der Waals surface area contributed by atoms with E-state index < -0.39 is 0 Å². The van der Waals surface area contributed by atoms with Crippen LogP contribution in [0, 0.1) is 5.41 Å². The fraction of sp³-hybridized carbons (Fsp3) is 0.500. The summed E-state index contributed by atoms with van der Waals surface area (Å²) in [6, 6.07) is 10.6. The molecule has 0 aliphatic carbocycles. The van der Waals surface area contributed by atoms with E-state index in [1.165, 1.54) is 30.3 Å². The van der Waals surface area contributed by atoms with Crippen LogP contribution in [0.1, 0.15) is 38.8 Å². The molecule has 1 saturated heterocycles. The van der Waals surface area contributed by atoms with E-state index in [9.17, 15) is 0 Å². The maximum Gasteiger partial charge on any atom is 0.0726 e. The summed E-state index contributed by atoms with van der Waals surface area (Å²) in [5.41, 5.74) is 3.77. The highest BCUT2D eigenvalue weighted by Crippen LogP contribution is 2.34. The number of hydrogen-bond acceptors (Lipinski definition) is 2. The van der Waals surface area contributed by atoms with E-state index in [1.807, 2.05) is 6.07 Å². The molecule has 1 aliphatic rings. The summed E-state index contributed by atoms with van der Waals surface area (Å²) in [7, 11) is 0.